The largest absolute Gasteiger partial charge is 0.461 e. The van der Waals surface area contributed by atoms with Crippen LogP contribution in [-0.2, 0) is 30.8 Å². The van der Waals surface area contributed by atoms with Gasteiger partial charge in [-0.3, -0.25) is 9.59 Å². The van der Waals surface area contributed by atoms with Crippen LogP contribution in [0.15, 0.2) is 24.3 Å². The monoisotopic (exact) mass is 656 g/mol. The molecular formula is C36H53FN4O6. The number of esters is 1. The van der Waals surface area contributed by atoms with Gasteiger partial charge in [-0.2, -0.15) is 0 Å². The first-order valence-corrected chi connectivity index (χ1v) is 17.6. The number of likely N-dealkylation sites (tertiary alicyclic amines) is 1. The van der Waals surface area contributed by atoms with Gasteiger partial charge in [-0.25, -0.2) is 9.18 Å². The van der Waals surface area contributed by atoms with E-state index in [0.29, 0.717) is 62.9 Å². The molecule has 2 aliphatic carbocycles. The zero-order valence-electron chi connectivity index (χ0n) is 28.1. The summed E-state index contributed by atoms with van der Waals surface area (Å²) in [6.45, 7) is 1.81. The van der Waals surface area contributed by atoms with Crippen molar-refractivity contribution in [1.82, 2.24) is 9.47 Å². The molecule has 10 nitrogen and oxygen atoms in total. The Morgan fingerprint density at radius 1 is 0.979 bits per heavy atom. The maximum absolute atomic E-state index is 14.1. The molecule has 0 spiro atoms. The molecule has 2 saturated carbocycles. The number of aryl methyl sites for hydroxylation is 1. The van der Waals surface area contributed by atoms with Crippen molar-refractivity contribution in [1.29, 1.82) is 0 Å². The summed E-state index contributed by atoms with van der Waals surface area (Å²) >= 11 is 0. The molecular weight excluding hydrogens is 603 g/mol. The van der Waals surface area contributed by atoms with Crippen molar-refractivity contribution in [2.45, 2.75) is 82.7 Å². The molecule has 260 valence electrons. The molecule has 1 aromatic heterocycles. The summed E-state index contributed by atoms with van der Waals surface area (Å²) in [7, 11) is 3.44. The molecule has 3 N–H and O–H groups in total. The predicted octanol–water partition coefficient (Wildman–Crippen LogP) is 5.23. The zero-order chi connectivity index (χ0) is 33.3. The van der Waals surface area contributed by atoms with Crippen LogP contribution in [0.3, 0.4) is 0 Å². The van der Waals surface area contributed by atoms with Crippen LogP contribution in [0.5, 0.6) is 0 Å². The van der Waals surface area contributed by atoms with E-state index in [1.54, 1.807) is 17.7 Å². The highest BCUT2D eigenvalue weighted by molar-refractivity contribution is 6.01. The highest BCUT2D eigenvalue weighted by atomic mass is 19.1. The normalized spacial score (nSPS) is 24.4. The van der Waals surface area contributed by atoms with Crippen molar-refractivity contribution in [2.24, 2.45) is 36.5 Å². The lowest BCUT2D eigenvalue weighted by Gasteiger charge is -2.36. The van der Waals surface area contributed by atoms with E-state index in [1.165, 1.54) is 19.3 Å². The Hall–Kier alpha value is -3.02. The number of nitrogens with one attached hydrogen (secondary N) is 1. The lowest BCUT2D eigenvalue weighted by molar-refractivity contribution is -0.142. The van der Waals surface area contributed by atoms with E-state index in [2.05, 4.69) is 5.32 Å². The highest BCUT2D eigenvalue weighted by Gasteiger charge is 2.47. The number of nitrogens with two attached hydrogens (primary N) is 1. The average Bonchev–Trinajstić information content (AvgIpc) is 3.69. The summed E-state index contributed by atoms with van der Waals surface area (Å²) in [4.78, 5) is 42.8. The number of anilines is 1. The Bertz CT molecular complexity index is 1350. The van der Waals surface area contributed by atoms with Gasteiger partial charge >= 0.3 is 5.97 Å². The molecule has 0 bridgehead atoms. The van der Waals surface area contributed by atoms with E-state index < -0.39 is 24.7 Å². The first-order chi connectivity index (χ1) is 22.8. The molecule has 1 saturated heterocycles. The maximum atomic E-state index is 14.1. The fraction of sp³-hybridized carbons (Fsp3) is 0.694. The highest BCUT2D eigenvalue weighted by Crippen LogP contribution is 2.41. The standard InChI is InChI=1S/C36H53FN4O6/c1-40-31-14-13-28(21-27(31)22-32(40)36(44)47-18-6-17-46-20-19-45-2)39-34(42)33-29(24-7-4-3-5-8-24)15-16-41(33)35(43)26-11-9-25(10-12-26)30(38)23-37/h13-14,21-22,24-26,29-30,33H,3-12,15-20,23,38H2,1-2H3,(H,39,42)/t25-,26-,29-,30+,33-/m0/s1. The molecule has 2 aromatic rings. The number of rotatable bonds is 14. The van der Waals surface area contributed by atoms with Gasteiger partial charge in [0, 0.05) is 62.3 Å². The number of alkyl halides is 1. The number of fused-ring (bicyclic) bond motifs is 1. The minimum absolute atomic E-state index is 0.0546. The van der Waals surface area contributed by atoms with E-state index in [1.807, 2.05) is 30.1 Å². The molecule has 3 atom stereocenters. The second-order valence-electron chi connectivity index (χ2n) is 13.7. The van der Waals surface area contributed by atoms with Crippen LogP contribution < -0.4 is 11.1 Å². The fourth-order valence-corrected chi connectivity index (χ4v) is 8.09. The number of carbonyl (C=O) groups excluding carboxylic acids is 3. The summed E-state index contributed by atoms with van der Waals surface area (Å²) < 4.78 is 30.8. The van der Waals surface area contributed by atoms with Crippen LogP contribution in [0.4, 0.5) is 10.1 Å². The number of benzene rings is 1. The van der Waals surface area contributed by atoms with E-state index in [-0.39, 0.29) is 36.2 Å². The smallest absolute Gasteiger partial charge is 0.354 e. The Kier molecular flexibility index (Phi) is 12.7. The summed E-state index contributed by atoms with van der Waals surface area (Å²) in [5.74, 6) is 0.00204. The summed E-state index contributed by atoms with van der Waals surface area (Å²) in [5.41, 5.74) is 7.87. The Morgan fingerprint density at radius 3 is 2.47 bits per heavy atom. The van der Waals surface area contributed by atoms with Gasteiger partial charge in [0.25, 0.3) is 0 Å². The second-order valence-corrected chi connectivity index (χ2v) is 13.7. The Labute approximate surface area is 277 Å². The van der Waals surface area contributed by atoms with Gasteiger partial charge in [0.1, 0.15) is 18.4 Å². The quantitative estimate of drug-likeness (QED) is 0.211. The minimum Gasteiger partial charge on any atom is -0.461 e. The SMILES string of the molecule is COCCOCCCOC(=O)c1cc2cc(NC(=O)[C@@H]3[C@H](C4CCCCC4)CCN3C(=O)[C@H]3CC[C@H]([C@H](N)CF)CC3)ccc2n1C. The number of hydrogen-bond acceptors (Lipinski definition) is 7. The van der Waals surface area contributed by atoms with Crippen molar-refractivity contribution in [3.63, 3.8) is 0 Å². The topological polar surface area (TPSA) is 125 Å². The number of methoxy groups -OCH3 is 1. The van der Waals surface area contributed by atoms with E-state index in [4.69, 9.17) is 19.9 Å². The van der Waals surface area contributed by atoms with Crippen molar-refractivity contribution < 1.29 is 33.0 Å². The molecule has 47 heavy (non-hydrogen) atoms. The zero-order valence-corrected chi connectivity index (χ0v) is 28.1. The van der Waals surface area contributed by atoms with Gasteiger partial charge in [-0.15, -0.1) is 0 Å². The van der Waals surface area contributed by atoms with E-state index >= 15 is 0 Å². The second kappa shape index (κ2) is 16.9. The molecule has 0 unspecified atom stereocenters. The number of hydrogen-bond donors (Lipinski definition) is 2. The van der Waals surface area contributed by atoms with Gasteiger partial charge < -0.3 is 34.7 Å². The maximum Gasteiger partial charge on any atom is 0.354 e. The molecule has 5 rings (SSSR count). The number of amides is 2. The van der Waals surface area contributed by atoms with E-state index in [9.17, 15) is 18.8 Å². The number of carbonyl (C=O) groups is 3. The molecule has 2 heterocycles. The number of aromatic nitrogens is 1. The van der Waals surface area contributed by atoms with Crippen LogP contribution in [0, 0.1) is 23.7 Å². The van der Waals surface area contributed by atoms with Gasteiger partial charge in [0.2, 0.25) is 11.8 Å². The van der Waals surface area contributed by atoms with Gasteiger partial charge in [0.05, 0.1) is 19.8 Å². The van der Waals surface area contributed by atoms with Crippen molar-refractivity contribution in [3.8, 4) is 0 Å². The molecule has 0 radical (unpaired) electrons. The minimum atomic E-state index is -0.535. The summed E-state index contributed by atoms with van der Waals surface area (Å²) in [6, 6.07) is 6.41. The summed E-state index contributed by atoms with van der Waals surface area (Å²) in [5, 5.41) is 3.96. The van der Waals surface area contributed by atoms with Crippen LogP contribution in [0.25, 0.3) is 10.9 Å². The van der Waals surface area contributed by atoms with Crippen LogP contribution in [0.2, 0.25) is 0 Å². The van der Waals surface area contributed by atoms with Gasteiger partial charge in [0.15, 0.2) is 0 Å². The summed E-state index contributed by atoms with van der Waals surface area (Å²) in [6.07, 6.45) is 10.0. The first kappa shape index (κ1) is 35.3. The molecule has 11 heteroatoms. The third-order valence-electron chi connectivity index (χ3n) is 10.8. The molecule has 2 amide bonds. The number of nitrogens with zero attached hydrogens (tertiary/aromatic N) is 2. The van der Waals surface area contributed by atoms with Crippen LogP contribution in [0.1, 0.15) is 81.1 Å². The Morgan fingerprint density at radius 2 is 1.74 bits per heavy atom. The fourth-order valence-electron chi connectivity index (χ4n) is 8.09. The Balaban J connectivity index is 1.26. The van der Waals surface area contributed by atoms with E-state index in [0.717, 1.165) is 43.0 Å². The van der Waals surface area contributed by atoms with Gasteiger partial charge in [-0.05, 0) is 74.1 Å². The average molecular weight is 657 g/mol. The third kappa shape index (κ3) is 8.53. The lowest BCUT2D eigenvalue weighted by atomic mass is 9.76. The van der Waals surface area contributed by atoms with Gasteiger partial charge in [-0.1, -0.05) is 32.1 Å². The van der Waals surface area contributed by atoms with Crippen molar-refractivity contribution in [3.05, 3.63) is 30.0 Å². The molecule has 3 aliphatic rings. The van der Waals surface area contributed by atoms with Crippen molar-refractivity contribution >= 4 is 34.4 Å². The van der Waals surface area contributed by atoms with Crippen LogP contribution >= 0.6 is 0 Å². The number of halogens is 1. The molecule has 1 aliphatic heterocycles. The number of ether oxygens (including phenoxy) is 3. The predicted molar refractivity (Wildman–Crippen MR) is 179 cm³/mol. The lowest BCUT2D eigenvalue weighted by Crippen LogP contribution is -2.50. The van der Waals surface area contributed by atoms with Crippen molar-refractivity contribution in [2.75, 3.05) is 52.1 Å². The molecule has 3 fully saturated rings. The molecule has 1 aromatic carbocycles. The third-order valence-corrected chi connectivity index (χ3v) is 10.8. The first-order valence-electron chi connectivity index (χ1n) is 17.6. The van der Waals surface area contributed by atoms with Crippen LogP contribution in [-0.4, -0.2) is 86.1 Å².